The van der Waals surface area contributed by atoms with Gasteiger partial charge in [0.25, 0.3) is 10.0 Å². The molecule has 0 N–H and O–H groups in total. The fraction of sp³-hybridized carbons (Fsp3) is 0.200. The molecule has 0 heterocycles. The van der Waals surface area contributed by atoms with Crippen LogP contribution in [0.3, 0.4) is 0 Å². The third-order valence-corrected chi connectivity index (χ3v) is 4.34. The van der Waals surface area contributed by atoms with Crippen molar-refractivity contribution in [3.63, 3.8) is 0 Å². The molecule has 104 valence electrons. The van der Waals surface area contributed by atoms with Crippen LogP contribution in [0.2, 0.25) is 0 Å². The molecule has 1 aromatic carbocycles. The summed E-state index contributed by atoms with van der Waals surface area (Å²) in [7, 11) is -3.76. The van der Waals surface area contributed by atoms with Crippen molar-refractivity contribution in [2.45, 2.75) is 25.7 Å². The molecule has 5 heteroatoms. The summed E-state index contributed by atoms with van der Waals surface area (Å²) in [5.41, 5.74) is 2.32. The average molecular weight is 289 g/mol. The minimum absolute atomic E-state index is 0.116. The predicted molar refractivity (Wildman–Crippen MR) is 78.3 cm³/mol. The summed E-state index contributed by atoms with van der Waals surface area (Å²) in [5, 5.41) is 0. The number of benzene rings is 1. The lowest BCUT2D eigenvalue weighted by molar-refractivity contribution is -0.111. The van der Waals surface area contributed by atoms with Gasteiger partial charge in [-0.1, -0.05) is 17.7 Å². The zero-order valence-corrected chi connectivity index (χ0v) is 12.4. The molecule has 0 aromatic heterocycles. The summed E-state index contributed by atoms with van der Waals surface area (Å²) >= 11 is 0. The molecule has 0 aliphatic heterocycles. The molecule has 0 saturated heterocycles. The first-order chi connectivity index (χ1) is 9.29. The number of aryl methyl sites for hydroxylation is 1. The van der Waals surface area contributed by atoms with E-state index in [4.69, 9.17) is 0 Å². The monoisotopic (exact) mass is 289 g/mol. The minimum atomic E-state index is -3.76. The normalized spacial score (nSPS) is 17.9. The maximum Gasteiger partial charge on any atom is 0.282 e. The van der Waals surface area contributed by atoms with Crippen LogP contribution in [0.1, 0.15) is 19.4 Å². The highest BCUT2D eigenvalue weighted by Crippen LogP contribution is 2.18. The molecule has 0 spiro atoms. The average Bonchev–Trinajstić information content (AvgIpc) is 2.36. The molecular formula is C15H15NO3S. The van der Waals surface area contributed by atoms with Crippen molar-refractivity contribution in [3.8, 4) is 0 Å². The largest absolute Gasteiger partial charge is 0.290 e. The zero-order valence-electron chi connectivity index (χ0n) is 11.5. The Kier molecular flexibility index (Phi) is 3.72. The molecule has 1 aliphatic carbocycles. The topological polar surface area (TPSA) is 63.6 Å². The van der Waals surface area contributed by atoms with E-state index in [0.717, 1.165) is 5.56 Å². The second-order valence-electron chi connectivity index (χ2n) is 4.78. The Labute approximate surface area is 118 Å². The maximum absolute atomic E-state index is 12.2. The second kappa shape index (κ2) is 5.17. The van der Waals surface area contributed by atoms with E-state index in [9.17, 15) is 13.2 Å². The quantitative estimate of drug-likeness (QED) is 0.786. The maximum atomic E-state index is 12.2. The van der Waals surface area contributed by atoms with Crippen LogP contribution in [0.15, 0.2) is 56.9 Å². The molecule has 0 unspecified atom stereocenters. The van der Waals surface area contributed by atoms with E-state index in [-0.39, 0.29) is 10.7 Å². The lowest BCUT2D eigenvalue weighted by atomic mass is 9.99. The Hall–Kier alpha value is -2.01. The van der Waals surface area contributed by atoms with Gasteiger partial charge in [0.1, 0.15) is 0 Å². The van der Waals surface area contributed by atoms with Crippen molar-refractivity contribution in [2.24, 2.45) is 4.40 Å². The van der Waals surface area contributed by atoms with E-state index >= 15 is 0 Å². The number of carbonyl (C=O) groups excluding carboxylic acids is 1. The van der Waals surface area contributed by atoms with Crippen molar-refractivity contribution in [1.82, 2.24) is 0 Å². The van der Waals surface area contributed by atoms with Gasteiger partial charge < -0.3 is 0 Å². The standard InChI is InChI=1S/C15H15NO3S/c1-10-4-6-13(7-5-10)20(18,19)16-14-8-12(3)15(17)9-11(14)2/h4-9H,1-3H3. The number of nitrogens with zero attached hydrogens (tertiary/aromatic N) is 1. The Bertz CT molecular complexity index is 751. The highest BCUT2D eigenvalue weighted by atomic mass is 32.2. The Morgan fingerprint density at radius 2 is 1.50 bits per heavy atom. The first-order valence-corrected chi connectivity index (χ1v) is 7.56. The van der Waals surface area contributed by atoms with Gasteiger partial charge >= 0.3 is 0 Å². The first-order valence-electron chi connectivity index (χ1n) is 6.12. The number of carbonyl (C=O) groups is 1. The third-order valence-electron chi connectivity index (χ3n) is 3.03. The number of hydrogen-bond acceptors (Lipinski definition) is 3. The molecule has 1 aromatic rings. The van der Waals surface area contributed by atoms with Crippen molar-refractivity contribution >= 4 is 21.5 Å². The van der Waals surface area contributed by atoms with Gasteiger partial charge in [0, 0.05) is 0 Å². The van der Waals surface area contributed by atoms with Gasteiger partial charge in [-0.2, -0.15) is 12.8 Å². The molecule has 1 aliphatic rings. The van der Waals surface area contributed by atoms with Gasteiger partial charge in [-0.05, 0) is 56.2 Å². The molecule has 0 atom stereocenters. The number of rotatable bonds is 2. The molecule has 0 saturated carbocycles. The summed E-state index contributed by atoms with van der Waals surface area (Å²) < 4.78 is 28.3. The summed E-state index contributed by atoms with van der Waals surface area (Å²) in [6.07, 6.45) is 2.90. The molecule has 0 fully saturated rings. The van der Waals surface area contributed by atoms with Crippen LogP contribution in [-0.4, -0.2) is 19.9 Å². The van der Waals surface area contributed by atoms with Crippen LogP contribution < -0.4 is 0 Å². The van der Waals surface area contributed by atoms with E-state index in [2.05, 4.69) is 4.40 Å². The van der Waals surface area contributed by atoms with Gasteiger partial charge in [-0.25, -0.2) is 0 Å². The highest BCUT2D eigenvalue weighted by Gasteiger charge is 2.18. The van der Waals surface area contributed by atoms with Gasteiger partial charge in [0.2, 0.25) is 0 Å². The fourth-order valence-electron chi connectivity index (χ4n) is 1.77. The number of ketones is 1. The lowest BCUT2D eigenvalue weighted by Gasteiger charge is -2.09. The third kappa shape index (κ3) is 2.93. The zero-order chi connectivity index (χ0) is 14.9. The fourth-order valence-corrected chi connectivity index (χ4v) is 2.81. The smallest absolute Gasteiger partial charge is 0.282 e. The lowest BCUT2D eigenvalue weighted by Crippen LogP contribution is -2.12. The molecular weight excluding hydrogens is 274 g/mol. The second-order valence-corrected chi connectivity index (χ2v) is 6.39. The molecule has 0 bridgehead atoms. The van der Waals surface area contributed by atoms with Crippen molar-refractivity contribution < 1.29 is 13.2 Å². The minimum Gasteiger partial charge on any atom is -0.290 e. The number of allylic oxidation sites excluding steroid dienone is 4. The van der Waals surface area contributed by atoms with Crippen LogP contribution in [0.4, 0.5) is 0 Å². The number of sulfonamides is 1. The predicted octanol–water partition coefficient (Wildman–Crippen LogP) is 2.60. The molecule has 4 nitrogen and oxygen atoms in total. The van der Waals surface area contributed by atoms with E-state index < -0.39 is 10.0 Å². The van der Waals surface area contributed by atoms with E-state index in [1.54, 1.807) is 26.0 Å². The van der Waals surface area contributed by atoms with Crippen LogP contribution >= 0.6 is 0 Å². The van der Waals surface area contributed by atoms with Crippen molar-refractivity contribution in [1.29, 1.82) is 0 Å². The first kappa shape index (κ1) is 14.4. The number of hydrogen-bond donors (Lipinski definition) is 0. The van der Waals surface area contributed by atoms with E-state index in [1.165, 1.54) is 24.3 Å². The van der Waals surface area contributed by atoms with E-state index in [1.807, 2.05) is 6.92 Å². The van der Waals surface area contributed by atoms with Gasteiger partial charge in [0.15, 0.2) is 5.78 Å². The summed E-state index contributed by atoms with van der Waals surface area (Å²) in [4.78, 5) is 11.6. The van der Waals surface area contributed by atoms with Crippen LogP contribution in [0, 0.1) is 6.92 Å². The Morgan fingerprint density at radius 1 is 0.900 bits per heavy atom. The van der Waals surface area contributed by atoms with Crippen molar-refractivity contribution in [2.75, 3.05) is 0 Å². The SMILES string of the molecule is CC1=CC(=NS(=O)(=O)c2ccc(C)cc2)C(C)=CC1=O. The molecule has 2 rings (SSSR count). The summed E-state index contributed by atoms with van der Waals surface area (Å²) in [6, 6.07) is 6.50. The summed E-state index contributed by atoms with van der Waals surface area (Å²) in [5.74, 6) is -0.116. The van der Waals surface area contributed by atoms with Crippen LogP contribution in [0.5, 0.6) is 0 Å². The van der Waals surface area contributed by atoms with Crippen LogP contribution in [0.25, 0.3) is 0 Å². The Balaban J connectivity index is 2.46. The van der Waals surface area contributed by atoms with Crippen LogP contribution in [-0.2, 0) is 14.8 Å². The molecule has 0 amide bonds. The van der Waals surface area contributed by atoms with Crippen molar-refractivity contribution in [3.05, 3.63) is 53.1 Å². The summed E-state index contributed by atoms with van der Waals surface area (Å²) in [6.45, 7) is 5.19. The van der Waals surface area contributed by atoms with Gasteiger partial charge in [0.05, 0.1) is 10.6 Å². The van der Waals surface area contributed by atoms with Gasteiger partial charge in [-0.15, -0.1) is 0 Å². The highest BCUT2D eigenvalue weighted by molar-refractivity contribution is 7.90. The van der Waals surface area contributed by atoms with Gasteiger partial charge in [-0.3, -0.25) is 4.79 Å². The Morgan fingerprint density at radius 3 is 2.10 bits per heavy atom. The molecule has 0 radical (unpaired) electrons. The van der Waals surface area contributed by atoms with E-state index in [0.29, 0.717) is 16.9 Å². The molecule has 20 heavy (non-hydrogen) atoms.